The highest BCUT2D eigenvalue weighted by atomic mass is 16.5. The molecule has 2 heterocycles. The van der Waals surface area contributed by atoms with Crippen LogP contribution in [-0.4, -0.2) is 99.0 Å². The van der Waals surface area contributed by atoms with E-state index in [1.807, 2.05) is 24.3 Å². The Labute approximate surface area is 233 Å². The average Bonchev–Trinajstić information content (AvgIpc) is 2.93. The molecule has 0 saturated carbocycles. The van der Waals surface area contributed by atoms with Gasteiger partial charge in [-0.05, 0) is 63.4 Å². The molecule has 0 bridgehead atoms. The lowest BCUT2D eigenvalue weighted by Gasteiger charge is -2.46. The van der Waals surface area contributed by atoms with E-state index in [2.05, 4.69) is 22.8 Å². The molecule has 2 fully saturated rings. The van der Waals surface area contributed by atoms with Crippen LogP contribution in [0.2, 0.25) is 0 Å². The van der Waals surface area contributed by atoms with Crippen molar-refractivity contribution >= 4 is 23.9 Å². The lowest BCUT2D eigenvalue weighted by molar-refractivity contribution is -0.134. The van der Waals surface area contributed by atoms with Crippen LogP contribution < -0.4 is 4.74 Å². The Hall–Kier alpha value is -4.21. The lowest BCUT2D eigenvalue weighted by atomic mass is 9.98. The zero-order chi connectivity index (χ0) is 29.9. The smallest absolute Gasteiger partial charge is 0.328 e. The molecular weight excluding hydrogens is 522 g/mol. The van der Waals surface area contributed by atoms with Crippen molar-refractivity contribution in [2.75, 3.05) is 32.8 Å². The first kappa shape index (κ1) is 33.8. The largest absolute Gasteiger partial charge is 0.494 e. The van der Waals surface area contributed by atoms with Crippen LogP contribution in [0.1, 0.15) is 44.6 Å². The van der Waals surface area contributed by atoms with Crippen molar-refractivity contribution in [1.82, 2.24) is 9.80 Å². The van der Waals surface area contributed by atoms with Crippen molar-refractivity contribution in [1.29, 1.82) is 5.26 Å². The second-order valence-corrected chi connectivity index (χ2v) is 9.18. The second-order valence-electron chi connectivity index (χ2n) is 9.18. The third-order valence-corrected chi connectivity index (χ3v) is 6.25. The van der Waals surface area contributed by atoms with Gasteiger partial charge < -0.3 is 25.2 Å². The van der Waals surface area contributed by atoms with Crippen molar-refractivity contribution in [2.24, 2.45) is 0 Å². The zero-order valence-electron chi connectivity index (χ0n) is 22.5. The normalized spacial score (nSPS) is 17.8. The number of nitriles is 1. The van der Waals surface area contributed by atoms with E-state index in [1.54, 1.807) is 0 Å². The first-order chi connectivity index (χ1) is 19.0. The van der Waals surface area contributed by atoms with Gasteiger partial charge in [-0.25, -0.2) is 19.2 Å². The van der Waals surface area contributed by atoms with E-state index < -0.39 is 23.9 Å². The minimum Gasteiger partial charge on any atom is -0.494 e. The number of hydrogen-bond acceptors (Lipinski definition) is 8. The number of ether oxygens (including phenoxy) is 1. The van der Waals surface area contributed by atoms with Gasteiger partial charge in [-0.2, -0.15) is 5.26 Å². The minimum absolute atomic E-state index is 0.558. The van der Waals surface area contributed by atoms with E-state index in [-0.39, 0.29) is 0 Å². The number of aliphatic carboxylic acids is 4. The predicted molar refractivity (Wildman–Crippen MR) is 145 cm³/mol. The number of piperidine rings is 1. The van der Waals surface area contributed by atoms with Gasteiger partial charge in [-0.15, -0.1) is 0 Å². The maximum atomic E-state index is 9.55. The summed E-state index contributed by atoms with van der Waals surface area (Å²) in [6.45, 7) is 8.13. The fourth-order valence-electron chi connectivity index (χ4n) is 4.24. The molecule has 0 aliphatic carbocycles. The molecule has 40 heavy (non-hydrogen) atoms. The van der Waals surface area contributed by atoms with E-state index in [0.29, 0.717) is 35.9 Å². The molecule has 1 aromatic rings. The zero-order valence-corrected chi connectivity index (χ0v) is 22.5. The third-order valence-electron chi connectivity index (χ3n) is 6.25. The Morgan fingerprint density at radius 3 is 1.98 bits per heavy atom. The number of benzene rings is 1. The van der Waals surface area contributed by atoms with Gasteiger partial charge in [0.1, 0.15) is 5.75 Å². The van der Waals surface area contributed by atoms with Crippen molar-refractivity contribution in [3.8, 4) is 11.8 Å². The summed E-state index contributed by atoms with van der Waals surface area (Å²) < 4.78 is 5.79. The number of fused-ring (bicyclic) bond motifs is 1. The topological polar surface area (TPSA) is 189 Å². The van der Waals surface area contributed by atoms with Gasteiger partial charge in [0.15, 0.2) is 0 Å². The Bertz CT molecular complexity index is 998. The highest BCUT2D eigenvalue weighted by Crippen LogP contribution is 2.23. The van der Waals surface area contributed by atoms with Gasteiger partial charge in [-0.1, -0.05) is 6.42 Å². The SMILES string of the molecule is C[C@H](CCCOc1ccc(C#N)cc1)N1CCN2CCCC[C@H]2C1.O=C(O)/C=C/C(=O)O.O=C(O)/C=C/C(=O)O. The molecule has 12 nitrogen and oxygen atoms in total. The summed E-state index contributed by atoms with van der Waals surface area (Å²) in [4.78, 5) is 43.6. The van der Waals surface area contributed by atoms with Crippen LogP contribution in [0.4, 0.5) is 0 Å². The Morgan fingerprint density at radius 1 is 0.925 bits per heavy atom. The molecule has 0 radical (unpaired) electrons. The van der Waals surface area contributed by atoms with Crippen LogP contribution in [0.15, 0.2) is 48.6 Å². The molecule has 2 atom stereocenters. The van der Waals surface area contributed by atoms with E-state index in [9.17, 15) is 19.2 Å². The van der Waals surface area contributed by atoms with Gasteiger partial charge in [0.05, 0.1) is 18.2 Å². The molecule has 3 rings (SSSR count). The maximum absolute atomic E-state index is 9.55. The maximum Gasteiger partial charge on any atom is 0.328 e. The number of piperazine rings is 1. The van der Waals surface area contributed by atoms with Crippen LogP contribution >= 0.6 is 0 Å². The summed E-state index contributed by atoms with van der Waals surface area (Å²) in [7, 11) is 0. The molecule has 12 heteroatoms. The minimum atomic E-state index is -1.26. The van der Waals surface area contributed by atoms with Crippen molar-refractivity contribution in [3.05, 3.63) is 54.1 Å². The summed E-state index contributed by atoms with van der Waals surface area (Å²) in [5.74, 6) is -4.17. The average molecular weight is 560 g/mol. The number of carbonyl (C=O) groups is 4. The van der Waals surface area contributed by atoms with E-state index in [1.165, 1.54) is 51.9 Å². The van der Waals surface area contributed by atoms with Crippen LogP contribution in [0.25, 0.3) is 0 Å². The number of rotatable bonds is 10. The van der Waals surface area contributed by atoms with Gasteiger partial charge in [0.25, 0.3) is 0 Å². The molecule has 4 N–H and O–H groups in total. The summed E-state index contributed by atoms with van der Waals surface area (Å²) in [6.07, 6.45) is 8.66. The first-order valence-corrected chi connectivity index (χ1v) is 12.9. The molecule has 0 amide bonds. The molecule has 2 saturated heterocycles. The van der Waals surface area contributed by atoms with Crippen LogP contribution in [0.3, 0.4) is 0 Å². The monoisotopic (exact) mass is 559 g/mol. The van der Waals surface area contributed by atoms with Gasteiger partial charge in [0, 0.05) is 56.0 Å². The quantitative estimate of drug-likeness (QED) is 0.243. The Morgan fingerprint density at radius 2 is 1.48 bits per heavy atom. The highest BCUT2D eigenvalue weighted by molar-refractivity contribution is 5.90. The summed E-state index contributed by atoms with van der Waals surface area (Å²) in [5.41, 5.74) is 0.679. The number of hydrogen-bond donors (Lipinski definition) is 4. The fraction of sp³-hybridized carbons (Fsp3) is 0.464. The number of nitrogens with zero attached hydrogens (tertiary/aromatic N) is 3. The summed E-state index contributed by atoms with van der Waals surface area (Å²) in [5, 5.41) is 40.1. The van der Waals surface area contributed by atoms with Crippen LogP contribution in [-0.2, 0) is 19.2 Å². The molecular formula is C28H37N3O9. The molecule has 1 aromatic carbocycles. The third kappa shape index (κ3) is 15.3. The lowest BCUT2D eigenvalue weighted by Crippen LogP contribution is -2.56. The van der Waals surface area contributed by atoms with Crippen molar-refractivity contribution in [2.45, 2.75) is 51.1 Å². The second kappa shape index (κ2) is 18.9. The molecule has 2 aliphatic heterocycles. The number of carboxylic acids is 4. The van der Waals surface area contributed by atoms with E-state index in [4.69, 9.17) is 30.4 Å². The highest BCUT2D eigenvalue weighted by Gasteiger charge is 2.30. The standard InChI is InChI=1S/C20H29N3O.2C4H4O4/c1-17(23-13-12-22-11-3-2-6-19(22)16-23)5-4-14-24-20-9-7-18(15-21)8-10-20;2*5-3(6)1-2-4(7)8/h7-10,17,19H,2-6,11-14,16H2,1H3;2*1-2H,(H,5,6)(H,7,8)/b;2*2-1+/t17-,19+;;/m1../s1. The van der Waals surface area contributed by atoms with Crippen molar-refractivity contribution < 1.29 is 44.3 Å². The molecule has 2 aliphatic rings. The number of carboxylic acid groups (broad SMARTS) is 4. The van der Waals surface area contributed by atoms with Gasteiger partial charge in [0.2, 0.25) is 0 Å². The molecule has 218 valence electrons. The van der Waals surface area contributed by atoms with Crippen LogP contribution in [0, 0.1) is 11.3 Å². The summed E-state index contributed by atoms with van der Waals surface area (Å²) in [6, 6.07) is 10.9. The van der Waals surface area contributed by atoms with E-state index in [0.717, 1.165) is 24.8 Å². The first-order valence-electron chi connectivity index (χ1n) is 12.9. The van der Waals surface area contributed by atoms with E-state index >= 15 is 0 Å². The van der Waals surface area contributed by atoms with Gasteiger partial charge >= 0.3 is 23.9 Å². The van der Waals surface area contributed by atoms with Crippen molar-refractivity contribution in [3.63, 3.8) is 0 Å². The Balaban J connectivity index is 0.000000412. The molecule has 0 unspecified atom stereocenters. The summed E-state index contributed by atoms with van der Waals surface area (Å²) >= 11 is 0. The fourth-order valence-corrected chi connectivity index (χ4v) is 4.24. The Kier molecular flexibility index (Phi) is 16.0. The van der Waals surface area contributed by atoms with Crippen LogP contribution in [0.5, 0.6) is 5.75 Å². The predicted octanol–water partition coefficient (Wildman–Crippen LogP) is 2.70. The molecule has 0 spiro atoms. The molecule has 0 aromatic heterocycles. The van der Waals surface area contributed by atoms with Gasteiger partial charge in [-0.3, -0.25) is 9.80 Å².